The Labute approximate surface area is 174 Å². The summed E-state index contributed by atoms with van der Waals surface area (Å²) in [6.07, 6.45) is 4.32. The van der Waals surface area contributed by atoms with E-state index in [1.807, 2.05) is 38.2 Å². The maximum atomic E-state index is 13.2. The van der Waals surface area contributed by atoms with Crippen LogP contribution in [0.2, 0.25) is 0 Å². The molecule has 0 radical (unpaired) electrons. The highest BCUT2D eigenvalue weighted by atomic mass is 16.3. The fourth-order valence-corrected chi connectivity index (χ4v) is 4.71. The number of phenols is 1. The van der Waals surface area contributed by atoms with Gasteiger partial charge in [0, 0.05) is 29.2 Å². The second kappa shape index (κ2) is 6.36. The summed E-state index contributed by atoms with van der Waals surface area (Å²) in [6, 6.07) is 15.5. The third-order valence-electron chi connectivity index (χ3n) is 6.38. The van der Waals surface area contributed by atoms with Crippen molar-refractivity contribution in [1.29, 1.82) is 5.26 Å². The monoisotopic (exact) mass is 395 g/mol. The lowest BCUT2D eigenvalue weighted by atomic mass is 9.78. The number of nitrogens with zero attached hydrogens (tertiary/aromatic N) is 2. The van der Waals surface area contributed by atoms with Crippen LogP contribution in [0.5, 0.6) is 5.75 Å². The summed E-state index contributed by atoms with van der Waals surface area (Å²) in [5, 5.41) is 21.4. The summed E-state index contributed by atoms with van der Waals surface area (Å²) >= 11 is 0. The van der Waals surface area contributed by atoms with Gasteiger partial charge in [-0.15, -0.1) is 0 Å². The number of nitrogens with one attached hydrogen (secondary N) is 1. The van der Waals surface area contributed by atoms with E-state index < -0.39 is 5.54 Å². The van der Waals surface area contributed by atoms with Crippen LogP contribution in [0.15, 0.2) is 65.9 Å². The molecular formula is C25H21N3O2. The van der Waals surface area contributed by atoms with Crippen molar-refractivity contribution in [3.05, 3.63) is 88.3 Å². The molecule has 1 atom stereocenters. The van der Waals surface area contributed by atoms with Crippen molar-refractivity contribution in [3.63, 3.8) is 0 Å². The number of hydrogen-bond donors (Lipinski definition) is 2. The molecule has 0 amide bonds. The summed E-state index contributed by atoms with van der Waals surface area (Å²) in [6.45, 7) is 4.60. The Bertz CT molecular complexity index is 1320. The van der Waals surface area contributed by atoms with Gasteiger partial charge in [-0.25, -0.2) is 0 Å². The van der Waals surface area contributed by atoms with Gasteiger partial charge in [-0.3, -0.25) is 4.79 Å². The van der Waals surface area contributed by atoms with Gasteiger partial charge in [-0.1, -0.05) is 29.8 Å². The summed E-state index contributed by atoms with van der Waals surface area (Å²) < 4.78 is 0. The first-order valence-corrected chi connectivity index (χ1v) is 9.98. The van der Waals surface area contributed by atoms with Crippen molar-refractivity contribution in [2.45, 2.75) is 25.8 Å². The topological polar surface area (TPSA) is 80.1 Å². The smallest absolute Gasteiger partial charge is 0.198 e. The molecular weight excluding hydrogens is 374 g/mol. The maximum absolute atomic E-state index is 13.2. The number of allylic oxidation sites excluding steroid dienone is 2. The number of Topliss-reactive ketones (excluding diaryl/α,β-unsaturated/α-hetero) is 1. The number of carbonyl (C=O) groups is 1. The van der Waals surface area contributed by atoms with Crippen molar-refractivity contribution < 1.29 is 9.90 Å². The van der Waals surface area contributed by atoms with Crippen molar-refractivity contribution in [3.8, 4) is 11.8 Å². The number of benzene rings is 2. The number of aromatic amines is 1. The second-order valence-corrected chi connectivity index (χ2v) is 8.14. The first-order chi connectivity index (χ1) is 14.4. The average Bonchev–Trinajstić information content (AvgIpc) is 3.14. The summed E-state index contributed by atoms with van der Waals surface area (Å²) in [5.74, 6) is -0.336. The zero-order chi connectivity index (χ0) is 21.0. The van der Waals surface area contributed by atoms with Crippen LogP contribution < -0.4 is 0 Å². The van der Waals surface area contributed by atoms with Crippen molar-refractivity contribution in [2.24, 2.45) is 0 Å². The molecule has 3 heterocycles. The molecule has 5 nitrogen and oxygen atoms in total. The Morgan fingerprint density at radius 3 is 2.87 bits per heavy atom. The highest BCUT2D eigenvalue weighted by Gasteiger charge is 2.45. The molecule has 5 heteroatoms. The van der Waals surface area contributed by atoms with Crippen LogP contribution in [0.3, 0.4) is 0 Å². The molecule has 1 unspecified atom stereocenters. The number of carbonyl (C=O) groups excluding carboxylic acids is 1. The molecule has 0 bridgehead atoms. The summed E-state index contributed by atoms with van der Waals surface area (Å²) in [7, 11) is 0. The Hall–Kier alpha value is -3.78. The minimum atomic E-state index is -0.667. The maximum Gasteiger partial charge on any atom is 0.198 e. The lowest BCUT2D eigenvalue weighted by molar-refractivity contribution is 0.102. The standard InChI is InChI=1S/C25H21N3O2/c1-15-7-8-22(29)20(11-15)23(30)16-12-17(13-26)25(2)24-19(9-10-28(25)14-16)18-5-3-4-6-21(18)27-24/h3-8,11-12,14,27,29H,9-10H2,1-2H3. The number of phenolic OH excluding ortho intramolecular Hbond substituents is 1. The largest absolute Gasteiger partial charge is 0.507 e. The van der Waals surface area contributed by atoms with E-state index in [1.165, 1.54) is 17.0 Å². The molecule has 2 aliphatic rings. The molecule has 1 aromatic heterocycles. The Kier molecular flexibility index (Phi) is 3.87. The number of para-hydroxylation sites is 1. The molecule has 2 aliphatic heterocycles. The van der Waals surface area contributed by atoms with E-state index in [1.54, 1.807) is 18.2 Å². The van der Waals surface area contributed by atoms with Gasteiger partial charge in [0.2, 0.25) is 0 Å². The number of hydrogen-bond acceptors (Lipinski definition) is 4. The van der Waals surface area contributed by atoms with E-state index in [0.717, 1.165) is 23.2 Å². The van der Waals surface area contributed by atoms with Crippen LogP contribution in [0.25, 0.3) is 10.9 Å². The van der Waals surface area contributed by atoms with Gasteiger partial charge in [0.15, 0.2) is 5.78 Å². The Morgan fingerprint density at radius 1 is 1.27 bits per heavy atom. The minimum absolute atomic E-state index is 0.0525. The quantitative estimate of drug-likeness (QED) is 0.627. The molecule has 0 spiro atoms. The Morgan fingerprint density at radius 2 is 2.07 bits per heavy atom. The second-order valence-electron chi connectivity index (χ2n) is 8.14. The molecule has 5 rings (SSSR count). The normalized spacial score (nSPS) is 20.1. The van der Waals surface area contributed by atoms with Crippen molar-refractivity contribution >= 4 is 16.7 Å². The van der Waals surface area contributed by atoms with Gasteiger partial charge >= 0.3 is 0 Å². The number of fused-ring (bicyclic) bond motifs is 5. The van der Waals surface area contributed by atoms with E-state index in [0.29, 0.717) is 17.7 Å². The third kappa shape index (κ3) is 2.44. The molecule has 0 fully saturated rings. The SMILES string of the molecule is Cc1ccc(O)c(C(=O)C2=CN3CCc4c([nH]c5ccccc45)C3(C)C(C#N)=C2)c1. The number of aromatic nitrogens is 1. The zero-order valence-electron chi connectivity index (χ0n) is 16.9. The van der Waals surface area contributed by atoms with E-state index in [4.69, 9.17) is 0 Å². The first kappa shape index (κ1) is 18.3. The van der Waals surface area contributed by atoms with Gasteiger partial charge in [0.1, 0.15) is 11.3 Å². The first-order valence-electron chi connectivity index (χ1n) is 9.98. The van der Waals surface area contributed by atoms with Gasteiger partial charge in [0.25, 0.3) is 0 Å². The van der Waals surface area contributed by atoms with Crippen LogP contribution in [0, 0.1) is 18.3 Å². The number of nitriles is 1. The fraction of sp³-hybridized carbons (Fsp3) is 0.200. The van der Waals surface area contributed by atoms with Crippen molar-refractivity contribution in [2.75, 3.05) is 6.54 Å². The van der Waals surface area contributed by atoms with Crippen LogP contribution >= 0.6 is 0 Å². The summed E-state index contributed by atoms with van der Waals surface area (Å²) in [4.78, 5) is 18.8. The van der Waals surface area contributed by atoms with Gasteiger partial charge in [-0.2, -0.15) is 5.26 Å². The van der Waals surface area contributed by atoms with Gasteiger partial charge in [0.05, 0.1) is 22.9 Å². The highest BCUT2D eigenvalue weighted by molar-refractivity contribution is 6.12. The zero-order valence-corrected chi connectivity index (χ0v) is 16.9. The molecule has 0 saturated heterocycles. The lowest BCUT2D eigenvalue weighted by Crippen LogP contribution is -2.48. The van der Waals surface area contributed by atoms with Gasteiger partial charge in [-0.05, 0) is 50.1 Å². The minimum Gasteiger partial charge on any atom is -0.507 e. The van der Waals surface area contributed by atoms with Crippen LogP contribution in [-0.4, -0.2) is 27.3 Å². The molecule has 30 heavy (non-hydrogen) atoms. The molecule has 0 saturated carbocycles. The number of ketones is 1. The third-order valence-corrected chi connectivity index (χ3v) is 6.38. The summed E-state index contributed by atoms with van der Waals surface area (Å²) in [5.41, 5.74) is 4.67. The number of rotatable bonds is 2. The van der Waals surface area contributed by atoms with Crippen LogP contribution in [-0.2, 0) is 12.0 Å². The molecule has 2 aromatic carbocycles. The van der Waals surface area contributed by atoms with E-state index in [2.05, 4.69) is 22.0 Å². The number of aryl methyl sites for hydroxylation is 1. The lowest BCUT2D eigenvalue weighted by Gasteiger charge is -2.46. The molecule has 148 valence electrons. The van der Waals surface area contributed by atoms with Crippen LogP contribution in [0.4, 0.5) is 0 Å². The predicted molar refractivity (Wildman–Crippen MR) is 115 cm³/mol. The van der Waals surface area contributed by atoms with Gasteiger partial charge < -0.3 is 15.0 Å². The molecule has 2 N–H and O–H groups in total. The van der Waals surface area contributed by atoms with Crippen LogP contribution in [0.1, 0.15) is 34.1 Å². The number of H-pyrrole nitrogens is 1. The van der Waals surface area contributed by atoms with E-state index >= 15 is 0 Å². The number of aromatic hydroxyl groups is 1. The van der Waals surface area contributed by atoms with E-state index in [-0.39, 0.29) is 17.1 Å². The average molecular weight is 395 g/mol. The molecule has 3 aromatic rings. The fourth-order valence-electron chi connectivity index (χ4n) is 4.71. The Balaban J connectivity index is 1.64. The van der Waals surface area contributed by atoms with Crippen molar-refractivity contribution in [1.82, 2.24) is 9.88 Å². The highest BCUT2D eigenvalue weighted by Crippen LogP contribution is 2.46. The van der Waals surface area contributed by atoms with E-state index in [9.17, 15) is 15.2 Å². The molecule has 0 aliphatic carbocycles. The predicted octanol–water partition coefficient (Wildman–Crippen LogP) is 4.49.